The number of carbonyl (C=O) groups is 2. The number of aromatic amines is 1. The number of methoxy groups -OCH3 is 1. The van der Waals surface area contributed by atoms with Gasteiger partial charge in [0, 0.05) is 23.0 Å². The summed E-state index contributed by atoms with van der Waals surface area (Å²) in [6, 6.07) is 10.4. The summed E-state index contributed by atoms with van der Waals surface area (Å²) in [6.45, 7) is 1.95. The summed E-state index contributed by atoms with van der Waals surface area (Å²) in [5.74, 6) is -0.707. The zero-order valence-corrected chi connectivity index (χ0v) is 12.8. The Morgan fingerprint density at radius 1 is 1.23 bits per heavy atom. The number of amides is 1. The van der Waals surface area contributed by atoms with E-state index in [1.54, 1.807) is 18.3 Å². The molecule has 0 fully saturated rings. The van der Waals surface area contributed by atoms with Crippen LogP contribution in [-0.2, 0) is 9.53 Å². The van der Waals surface area contributed by atoms with E-state index >= 15 is 0 Å². The standard InChI is InChI=1S/C17H20N2O3/c1-3-7-15(17(21)22-2)19-16(20)13-9-5-4-8-12(13)14-10-6-11-18-14/h4-6,8-11,15,18H,3,7H2,1-2H3,(H,19,20)/t15-/m0/s1. The normalized spacial score (nSPS) is 11.7. The van der Waals surface area contributed by atoms with Gasteiger partial charge in [0.2, 0.25) is 0 Å². The predicted octanol–water partition coefficient (Wildman–Crippen LogP) is 2.75. The Hall–Kier alpha value is -2.56. The van der Waals surface area contributed by atoms with E-state index in [0.29, 0.717) is 12.0 Å². The Bertz CT molecular complexity index is 635. The first-order valence-electron chi connectivity index (χ1n) is 7.28. The largest absolute Gasteiger partial charge is 0.467 e. The minimum Gasteiger partial charge on any atom is -0.467 e. The van der Waals surface area contributed by atoms with Crippen LogP contribution in [0.3, 0.4) is 0 Å². The van der Waals surface area contributed by atoms with Gasteiger partial charge in [-0.15, -0.1) is 0 Å². The summed E-state index contributed by atoms with van der Waals surface area (Å²) in [7, 11) is 1.32. The van der Waals surface area contributed by atoms with E-state index in [-0.39, 0.29) is 5.91 Å². The number of hydrogen-bond donors (Lipinski definition) is 2. The summed E-state index contributed by atoms with van der Waals surface area (Å²) >= 11 is 0. The third kappa shape index (κ3) is 3.55. The lowest BCUT2D eigenvalue weighted by atomic mass is 10.0. The fraction of sp³-hybridized carbons (Fsp3) is 0.294. The van der Waals surface area contributed by atoms with Crippen LogP contribution in [0.2, 0.25) is 0 Å². The SMILES string of the molecule is CCC[C@H](NC(=O)c1ccccc1-c1ccc[nH]1)C(=O)OC. The topological polar surface area (TPSA) is 71.2 Å². The van der Waals surface area contributed by atoms with Crippen molar-refractivity contribution in [2.75, 3.05) is 7.11 Å². The van der Waals surface area contributed by atoms with E-state index in [1.165, 1.54) is 7.11 Å². The Labute approximate surface area is 129 Å². The number of benzene rings is 1. The highest BCUT2D eigenvalue weighted by atomic mass is 16.5. The number of carbonyl (C=O) groups excluding carboxylic acids is 2. The number of H-pyrrole nitrogens is 1. The molecule has 1 amide bonds. The number of aromatic nitrogens is 1. The smallest absolute Gasteiger partial charge is 0.328 e. The Morgan fingerprint density at radius 2 is 2.00 bits per heavy atom. The second kappa shape index (κ2) is 7.45. The van der Waals surface area contributed by atoms with Crippen molar-refractivity contribution in [3.05, 3.63) is 48.2 Å². The number of hydrogen-bond acceptors (Lipinski definition) is 3. The van der Waals surface area contributed by atoms with Crippen molar-refractivity contribution in [2.24, 2.45) is 0 Å². The molecule has 0 aliphatic carbocycles. The summed E-state index contributed by atoms with van der Waals surface area (Å²) < 4.78 is 4.74. The molecular weight excluding hydrogens is 280 g/mol. The van der Waals surface area contributed by atoms with Gasteiger partial charge in [-0.3, -0.25) is 4.79 Å². The Balaban J connectivity index is 2.24. The van der Waals surface area contributed by atoms with Gasteiger partial charge in [0.15, 0.2) is 0 Å². The molecule has 0 radical (unpaired) electrons. The van der Waals surface area contributed by atoms with Crippen LogP contribution in [0.5, 0.6) is 0 Å². The molecule has 1 heterocycles. The molecule has 1 aromatic heterocycles. The molecule has 22 heavy (non-hydrogen) atoms. The Kier molecular flexibility index (Phi) is 5.36. The second-order valence-electron chi connectivity index (χ2n) is 4.97. The molecule has 0 aliphatic rings. The first-order chi connectivity index (χ1) is 10.7. The molecule has 5 nitrogen and oxygen atoms in total. The predicted molar refractivity (Wildman–Crippen MR) is 84.4 cm³/mol. The number of rotatable bonds is 6. The second-order valence-corrected chi connectivity index (χ2v) is 4.97. The highest BCUT2D eigenvalue weighted by molar-refractivity contribution is 6.02. The quantitative estimate of drug-likeness (QED) is 0.806. The molecule has 2 rings (SSSR count). The van der Waals surface area contributed by atoms with Crippen LogP contribution in [0.1, 0.15) is 30.1 Å². The van der Waals surface area contributed by atoms with E-state index in [2.05, 4.69) is 10.3 Å². The summed E-state index contributed by atoms with van der Waals surface area (Å²) in [6.07, 6.45) is 3.12. The highest BCUT2D eigenvalue weighted by Gasteiger charge is 2.22. The minimum atomic E-state index is -0.626. The maximum atomic E-state index is 12.5. The number of ether oxygens (including phenoxy) is 1. The van der Waals surface area contributed by atoms with Crippen molar-refractivity contribution < 1.29 is 14.3 Å². The average Bonchev–Trinajstić information content (AvgIpc) is 3.08. The van der Waals surface area contributed by atoms with Crippen LogP contribution in [0.25, 0.3) is 11.3 Å². The fourth-order valence-corrected chi connectivity index (χ4v) is 2.33. The van der Waals surface area contributed by atoms with Crippen molar-refractivity contribution >= 4 is 11.9 Å². The van der Waals surface area contributed by atoms with E-state index in [4.69, 9.17) is 4.74 Å². The summed E-state index contributed by atoms with van der Waals surface area (Å²) in [5.41, 5.74) is 2.18. The highest BCUT2D eigenvalue weighted by Crippen LogP contribution is 2.22. The van der Waals surface area contributed by atoms with Crippen molar-refractivity contribution in [3.63, 3.8) is 0 Å². The zero-order valence-electron chi connectivity index (χ0n) is 12.8. The lowest BCUT2D eigenvalue weighted by Gasteiger charge is -2.16. The molecule has 0 saturated heterocycles. The van der Waals surface area contributed by atoms with Crippen molar-refractivity contribution in [1.29, 1.82) is 0 Å². The molecule has 0 saturated carbocycles. The fourth-order valence-electron chi connectivity index (χ4n) is 2.33. The van der Waals surface area contributed by atoms with E-state index in [0.717, 1.165) is 17.7 Å². The molecule has 1 aromatic carbocycles. The first-order valence-corrected chi connectivity index (χ1v) is 7.28. The molecule has 2 aromatic rings. The van der Waals surface area contributed by atoms with Gasteiger partial charge < -0.3 is 15.0 Å². The molecule has 2 N–H and O–H groups in total. The summed E-state index contributed by atoms with van der Waals surface area (Å²) in [5, 5.41) is 2.76. The lowest BCUT2D eigenvalue weighted by molar-refractivity contribution is -0.143. The third-order valence-electron chi connectivity index (χ3n) is 3.43. The number of esters is 1. The van der Waals surface area contributed by atoms with Crippen molar-refractivity contribution in [2.45, 2.75) is 25.8 Å². The molecular formula is C17H20N2O3. The van der Waals surface area contributed by atoms with Crippen molar-refractivity contribution in [3.8, 4) is 11.3 Å². The van der Waals surface area contributed by atoms with Crippen LogP contribution in [0, 0.1) is 0 Å². The lowest BCUT2D eigenvalue weighted by Crippen LogP contribution is -2.41. The van der Waals surface area contributed by atoms with E-state index in [1.807, 2.05) is 31.2 Å². The molecule has 1 atom stereocenters. The van der Waals surface area contributed by atoms with Gasteiger partial charge in [-0.2, -0.15) is 0 Å². The van der Waals surface area contributed by atoms with Gasteiger partial charge >= 0.3 is 5.97 Å². The molecule has 0 spiro atoms. The van der Waals surface area contributed by atoms with Crippen LogP contribution in [-0.4, -0.2) is 30.0 Å². The zero-order chi connectivity index (χ0) is 15.9. The minimum absolute atomic E-state index is 0.283. The number of nitrogens with one attached hydrogen (secondary N) is 2. The van der Waals surface area contributed by atoms with Gasteiger partial charge in [-0.25, -0.2) is 4.79 Å². The van der Waals surface area contributed by atoms with Crippen LogP contribution >= 0.6 is 0 Å². The van der Waals surface area contributed by atoms with Crippen LogP contribution in [0.4, 0.5) is 0 Å². The van der Waals surface area contributed by atoms with E-state index < -0.39 is 12.0 Å². The monoisotopic (exact) mass is 300 g/mol. The maximum Gasteiger partial charge on any atom is 0.328 e. The molecule has 5 heteroatoms. The third-order valence-corrected chi connectivity index (χ3v) is 3.43. The van der Waals surface area contributed by atoms with Gasteiger partial charge in [0.1, 0.15) is 6.04 Å². The molecule has 0 aliphatic heterocycles. The summed E-state index contributed by atoms with van der Waals surface area (Å²) in [4.78, 5) is 27.4. The van der Waals surface area contributed by atoms with Gasteiger partial charge in [0.25, 0.3) is 5.91 Å². The van der Waals surface area contributed by atoms with E-state index in [9.17, 15) is 9.59 Å². The van der Waals surface area contributed by atoms with Gasteiger partial charge in [0.05, 0.1) is 7.11 Å². The Morgan fingerprint density at radius 3 is 2.64 bits per heavy atom. The first kappa shape index (κ1) is 15.8. The van der Waals surface area contributed by atoms with Crippen molar-refractivity contribution in [1.82, 2.24) is 10.3 Å². The molecule has 116 valence electrons. The van der Waals surface area contributed by atoms with Crippen LogP contribution in [0.15, 0.2) is 42.6 Å². The van der Waals surface area contributed by atoms with Gasteiger partial charge in [-0.1, -0.05) is 31.5 Å². The van der Waals surface area contributed by atoms with Crippen LogP contribution < -0.4 is 5.32 Å². The molecule has 0 unspecified atom stereocenters. The maximum absolute atomic E-state index is 12.5. The molecule has 0 bridgehead atoms. The van der Waals surface area contributed by atoms with Gasteiger partial charge in [-0.05, 0) is 24.6 Å². The average molecular weight is 300 g/mol.